The Morgan fingerprint density at radius 1 is 0.889 bits per heavy atom. The number of carbonyl (C=O) groups is 1. The highest BCUT2D eigenvalue weighted by atomic mass is 16.6. The molecule has 4 rings (SSSR count). The summed E-state index contributed by atoms with van der Waals surface area (Å²) >= 11 is 0. The van der Waals surface area contributed by atoms with E-state index in [2.05, 4.69) is 0 Å². The molecular weight excluding hydrogens is 338 g/mol. The van der Waals surface area contributed by atoms with Crippen LogP contribution in [0.25, 0.3) is 0 Å². The van der Waals surface area contributed by atoms with Crippen molar-refractivity contribution in [3.05, 3.63) is 102 Å². The molecule has 4 nitrogen and oxygen atoms in total. The van der Waals surface area contributed by atoms with Crippen molar-refractivity contribution in [2.45, 2.75) is 12.0 Å². The van der Waals surface area contributed by atoms with Crippen LogP contribution in [0.2, 0.25) is 0 Å². The maximum Gasteiger partial charge on any atom is 0.345 e. The van der Waals surface area contributed by atoms with Gasteiger partial charge in [-0.2, -0.15) is 0 Å². The lowest BCUT2D eigenvalue weighted by atomic mass is 9.84. The molecule has 0 aromatic heterocycles. The SMILES string of the molecule is COc1ccc(C[C@]2(c3ccccc3)N=C(c3ccccc3)OC2=O)cc1. The first-order valence-corrected chi connectivity index (χ1v) is 8.77. The lowest BCUT2D eigenvalue weighted by molar-refractivity contribution is -0.139. The second-order valence-corrected chi connectivity index (χ2v) is 6.42. The first kappa shape index (κ1) is 17.0. The van der Waals surface area contributed by atoms with Crippen LogP contribution in [0.15, 0.2) is 89.9 Å². The van der Waals surface area contributed by atoms with Crippen LogP contribution in [0.1, 0.15) is 16.7 Å². The maximum absolute atomic E-state index is 13.0. The molecule has 0 saturated heterocycles. The molecule has 0 N–H and O–H groups in total. The first-order valence-electron chi connectivity index (χ1n) is 8.77. The number of cyclic esters (lactones) is 1. The van der Waals surface area contributed by atoms with Crippen molar-refractivity contribution in [2.24, 2.45) is 4.99 Å². The number of aliphatic imine (C=N–C) groups is 1. The van der Waals surface area contributed by atoms with E-state index in [1.54, 1.807) is 7.11 Å². The van der Waals surface area contributed by atoms with Crippen molar-refractivity contribution >= 4 is 11.9 Å². The molecule has 0 aliphatic carbocycles. The molecule has 134 valence electrons. The summed E-state index contributed by atoms with van der Waals surface area (Å²) in [6.45, 7) is 0. The largest absolute Gasteiger partial charge is 0.497 e. The van der Waals surface area contributed by atoms with Gasteiger partial charge in [0.1, 0.15) is 5.75 Å². The number of methoxy groups -OCH3 is 1. The van der Waals surface area contributed by atoms with Crippen molar-refractivity contribution < 1.29 is 14.3 Å². The van der Waals surface area contributed by atoms with Gasteiger partial charge in [0.25, 0.3) is 0 Å². The third kappa shape index (κ3) is 3.22. The minimum absolute atomic E-state index is 0.358. The predicted octanol–water partition coefficient (Wildman–Crippen LogP) is 4.14. The van der Waals surface area contributed by atoms with Crippen LogP contribution in [0.5, 0.6) is 5.75 Å². The summed E-state index contributed by atoms with van der Waals surface area (Å²) in [6, 6.07) is 26.8. The van der Waals surface area contributed by atoms with E-state index in [1.807, 2.05) is 84.9 Å². The number of hydrogen-bond donors (Lipinski definition) is 0. The Morgan fingerprint density at radius 3 is 2.15 bits per heavy atom. The fourth-order valence-corrected chi connectivity index (χ4v) is 3.27. The number of nitrogens with zero attached hydrogens (tertiary/aromatic N) is 1. The summed E-state index contributed by atoms with van der Waals surface area (Å²) in [5.74, 6) is 0.774. The molecule has 4 heteroatoms. The summed E-state index contributed by atoms with van der Waals surface area (Å²) in [5, 5.41) is 0. The molecule has 1 heterocycles. The van der Waals surface area contributed by atoms with Crippen molar-refractivity contribution in [3.63, 3.8) is 0 Å². The van der Waals surface area contributed by atoms with Crippen LogP contribution >= 0.6 is 0 Å². The lowest BCUT2D eigenvalue weighted by Gasteiger charge is -2.22. The molecule has 0 bridgehead atoms. The zero-order chi connectivity index (χ0) is 18.7. The zero-order valence-corrected chi connectivity index (χ0v) is 15.0. The third-order valence-electron chi connectivity index (χ3n) is 4.71. The van der Waals surface area contributed by atoms with Gasteiger partial charge in [-0.25, -0.2) is 9.79 Å². The monoisotopic (exact) mass is 357 g/mol. The van der Waals surface area contributed by atoms with Crippen molar-refractivity contribution in [1.82, 2.24) is 0 Å². The fraction of sp³-hybridized carbons (Fsp3) is 0.130. The fourth-order valence-electron chi connectivity index (χ4n) is 3.27. The molecule has 27 heavy (non-hydrogen) atoms. The van der Waals surface area contributed by atoms with Crippen LogP contribution in [-0.4, -0.2) is 19.0 Å². The number of benzene rings is 3. The predicted molar refractivity (Wildman–Crippen MR) is 104 cm³/mol. The van der Waals surface area contributed by atoms with Gasteiger partial charge in [0.15, 0.2) is 5.54 Å². The van der Waals surface area contributed by atoms with Crippen LogP contribution in [0, 0.1) is 0 Å². The normalized spacial score (nSPS) is 18.7. The van der Waals surface area contributed by atoms with E-state index in [-0.39, 0.29) is 5.97 Å². The highest BCUT2D eigenvalue weighted by Gasteiger charge is 2.47. The van der Waals surface area contributed by atoms with Crippen LogP contribution in [0.4, 0.5) is 0 Å². The van der Waals surface area contributed by atoms with E-state index in [9.17, 15) is 4.79 Å². The molecular formula is C23H19NO3. The van der Waals surface area contributed by atoms with E-state index >= 15 is 0 Å². The molecule has 3 aromatic carbocycles. The Balaban J connectivity index is 1.79. The standard InChI is InChI=1S/C23H19NO3/c1-26-20-14-12-17(13-15-20)16-23(19-10-6-3-7-11-19)22(25)27-21(24-23)18-8-4-2-5-9-18/h2-15H,16H2,1H3/t23-/m1/s1. The molecule has 0 amide bonds. The summed E-state index contributed by atoms with van der Waals surface area (Å²) in [7, 11) is 1.63. The summed E-state index contributed by atoms with van der Waals surface area (Å²) in [5.41, 5.74) is 1.49. The Kier molecular flexibility index (Phi) is 4.47. The highest BCUT2D eigenvalue weighted by Crippen LogP contribution is 2.37. The number of carbonyl (C=O) groups excluding carboxylic acids is 1. The van der Waals surface area contributed by atoms with Gasteiger partial charge >= 0.3 is 5.97 Å². The number of ether oxygens (including phenoxy) is 2. The van der Waals surface area contributed by atoms with Crippen molar-refractivity contribution in [1.29, 1.82) is 0 Å². The lowest BCUT2D eigenvalue weighted by Crippen LogP contribution is -2.33. The van der Waals surface area contributed by atoms with Gasteiger partial charge in [0.05, 0.1) is 7.11 Å². The summed E-state index contributed by atoms with van der Waals surface area (Å²) < 4.78 is 10.8. The number of rotatable bonds is 5. The van der Waals surface area contributed by atoms with Crippen LogP contribution in [-0.2, 0) is 21.5 Å². The highest BCUT2D eigenvalue weighted by molar-refractivity contribution is 6.08. The maximum atomic E-state index is 13.0. The molecule has 1 aliphatic rings. The van der Waals surface area contributed by atoms with Gasteiger partial charge in [-0.05, 0) is 35.4 Å². The molecule has 0 unspecified atom stereocenters. The Morgan fingerprint density at radius 2 is 1.52 bits per heavy atom. The summed E-state index contributed by atoms with van der Waals surface area (Å²) in [4.78, 5) is 17.8. The van der Waals surface area contributed by atoms with Gasteiger partial charge in [-0.3, -0.25) is 0 Å². The molecule has 0 spiro atoms. The van der Waals surface area contributed by atoms with Gasteiger partial charge in [-0.15, -0.1) is 0 Å². The third-order valence-corrected chi connectivity index (χ3v) is 4.71. The van der Waals surface area contributed by atoms with Crippen molar-refractivity contribution in [3.8, 4) is 5.75 Å². The second-order valence-electron chi connectivity index (χ2n) is 6.42. The Hall–Kier alpha value is -3.40. The minimum Gasteiger partial charge on any atom is -0.497 e. The second kappa shape index (κ2) is 7.08. The molecule has 1 atom stereocenters. The zero-order valence-electron chi connectivity index (χ0n) is 15.0. The quantitative estimate of drug-likeness (QED) is 0.645. The Bertz CT molecular complexity index is 966. The van der Waals surface area contributed by atoms with E-state index < -0.39 is 5.54 Å². The smallest absolute Gasteiger partial charge is 0.345 e. The van der Waals surface area contributed by atoms with Gasteiger partial charge < -0.3 is 9.47 Å². The van der Waals surface area contributed by atoms with Gasteiger partial charge in [-0.1, -0.05) is 60.7 Å². The summed E-state index contributed by atoms with van der Waals surface area (Å²) in [6.07, 6.45) is 0.413. The molecule has 0 radical (unpaired) electrons. The van der Waals surface area contributed by atoms with E-state index in [0.717, 1.165) is 22.4 Å². The number of esters is 1. The van der Waals surface area contributed by atoms with Gasteiger partial charge in [0, 0.05) is 12.0 Å². The Labute approximate surface area is 158 Å². The van der Waals surface area contributed by atoms with Crippen LogP contribution in [0.3, 0.4) is 0 Å². The average Bonchev–Trinajstić information content (AvgIpc) is 3.07. The molecule has 0 saturated carbocycles. The topological polar surface area (TPSA) is 47.9 Å². The van der Waals surface area contributed by atoms with E-state index in [0.29, 0.717) is 12.3 Å². The molecule has 0 fully saturated rings. The van der Waals surface area contributed by atoms with Crippen molar-refractivity contribution in [2.75, 3.05) is 7.11 Å². The van der Waals surface area contributed by atoms with Gasteiger partial charge in [0.2, 0.25) is 5.90 Å². The van der Waals surface area contributed by atoms with Crippen LogP contribution < -0.4 is 4.74 Å². The van der Waals surface area contributed by atoms with E-state index in [1.165, 1.54) is 0 Å². The first-order chi connectivity index (χ1) is 13.2. The number of hydrogen-bond acceptors (Lipinski definition) is 4. The minimum atomic E-state index is -1.10. The molecule has 1 aliphatic heterocycles. The van der Waals surface area contributed by atoms with E-state index in [4.69, 9.17) is 14.5 Å². The molecule has 3 aromatic rings. The average molecular weight is 357 g/mol.